The topological polar surface area (TPSA) is 73.7 Å². The zero-order chi connectivity index (χ0) is 16.5. The number of piperidine rings is 1. The van der Waals surface area contributed by atoms with Crippen LogP contribution < -0.4 is 0 Å². The lowest BCUT2D eigenvalue weighted by Crippen LogP contribution is -2.51. The molecule has 0 amide bonds. The third-order valence-corrected chi connectivity index (χ3v) is 6.84. The summed E-state index contributed by atoms with van der Waals surface area (Å²) < 4.78 is 40.1. The fourth-order valence-corrected chi connectivity index (χ4v) is 4.86. The zero-order valence-electron chi connectivity index (χ0n) is 13.8. The van der Waals surface area contributed by atoms with Gasteiger partial charge in [-0.1, -0.05) is 0 Å². The Morgan fingerprint density at radius 1 is 1.43 bits per heavy atom. The van der Waals surface area contributed by atoms with Crippen LogP contribution in [0.5, 0.6) is 0 Å². The molecule has 0 radical (unpaired) electrons. The number of ether oxygens (including phenoxy) is 2. The first-order valence-corrected chi connectivity index (χ1v) is 9.62. The van der Waals surface area contributed by atoms with Crippen molar-refractivity contribution in [3.8, 4) is 0 Å². The quantitative estimate of drug-likeness (QED) is 0.823. The molecule has 0 aromatic carbocycles. The van der Waals surface area contributed by atoms with Gasteiger partial charge in [0.05, 0.1) is 17.9 Å². The molecule has 1 unspecified atom stereocenters. The van der Waals surface area contributed by atoms with Gasteiger partial charge in [0.1, 0.15) is 4.90 Å². The summed E-state index contributed by atoms with van der Waals surface area (Å²) >= 11 is 0. The Kier molecular flexibility index (Phi) is 4.78. The van der Waals surface area contributed by atoms with Crippen molar-refractivity contribution in [2.24, 2.45) is 0 Å². The number of rotatable bonds is 4. The predicted molar refractivity (Wildman–Crippen MR) is 84.6 cm³/mol. The molecule has 0 bridgehead atoms. The van der Waals surface area contributed by atoms with Gasteiger partial charge >= 0.3 is 0 Å². The summed E-state index contributed by atoms with van der Waals surface area (Å²) in [5.74, 6) is 0. The average molecular weight is 343 g/mol. The molecule has 2 aliphatic rings. The van der Waals surface area contributed by atoms with Gasteiger partial charge in [-0.2, -0.15) is 9.40 Å². The summed E-state index contributed by atoms with van der Waals surface area (Å²) in [6.07, 6.45) is 6.44. The van der Waals surface area contributed by atoms with Crippen LogP contribution >= 0.6 is 0 Å². The number of sulfonamides is 1. The Hall–Kier alpha value is -0.960. The van der Waals surface area contributed by atoms with Crippen LogP contribution in [-0.4, -0.2) is 61.0 Å². The van der Waals surface area contributed by atoms with Crippen LogP contribution in [0, 0.1) is 0 Å². The van der Waals surface area contributed by atoms with Gasteiger partial charge < -0.3 is 9.47 Å². The van der Waals surface area contributed by atoms with Gasteiger partial charge in [0.15, 0.2) is 0 Å². The van der Waals surface area contributed by atoms with Crippen LogP contribution in [0.2, 0.25) is 0 Å². The van der Waals surface area contributed by atoms with Crippen molar-refractivity contribution in [1.29, 1.82) is 0 Å². The van der Waals surface area contributed by atoms with Crippen molar-refractivity contribution in [2.75, 3.05) is 26.8 Å². The number of aryl methyl sites for hydroxylation is 1. The maximum Gasteiger partial charge on any atom is 0.246 e. The molecular formula is C15H25N3O4S. The fourth-order valence-electron chi connectivity index (χ4n) is 3.47. The third-order valence-electron chi connectivity index (χ3n) is 4.99. The van der Waals surface area contributed by atoms with Crippen molar-refractivity contribution in [2.45, 2.75) is 55.8 Å². The molecule has 3 rings (SSSR count). The highest BCUT2D eigenvalue weighted by atomic mass is 32.2. The molecule has 3 heterocycles. The highest BCUT2D eigenvalue weighted by Crippen LogP contribution is 2.37. The van der Waals surface area contributed by atoms with E-state index in [0.29, 0.717) is 39.1 Å². The Labute approximate surface area is 137 Å². The van der Waals surface area contributed by atoms with Crippen LogP contribution in [0.25, 0.3) is 0 Å². The smallest absolute Gasteiger partial charge is 0.246 e. The lowest BCUT2D eigenvalue weighted by Gasteiger charge is -2.45. The van der Waals surface area contributed by atoms with Gasteiger partial charge in [-0.25, -0.2) is 8.42 Å². The lowest BCUT2D eigenvalue weighted by atomic mass is 9.84. The highest BCUT2D eigenvalue weighted by molar-refractivity contribution is 7.89. The van der Waals surface area contributed by atoms with Crippen molar-refractivity contribution in [1.82, 2.24) is 14.1 Å². The first kappa shape index (κ1) is 16.9. The Bertz CT molecular complexity index is 635. The Morgan fingerprint density at radius 3 is 2.78 bits per heavy atom. The number of hydrogen-bond donors (Lipinski definition) is 0. The van der Waals surface area contributed by atoms with Crippen molar-refractivity contribution < 1.29 is 17.9 Å². The van der Waals surface area contributed by atoms with Crippen LogP contribution in [0.4, 0.5) is 0 Å². The first-order valence-electron chi connectivity index (χ1n) is 8.18. The van der Waals surface area contributed by atoms with E-state index >= 15 is 0 Å². The SMILES string of the molecule is CCn1cc(S(=O)(=O)N2CCC3(CC2)CC(OC)CCO3)cn1. The highest BCUT2D eigenvalue weighted by Gasteiger charge is 2.43. The molecule has 23 heavy (non-hydrogen) atoms. The molecule has 1 atom stereocenters. The van der Waals surface area contributed by atoms with Crippen molar-refractivity contribution in [3.05, 3.63) is 12.4 Å². The number of hydrogen-bond acceptors (Lipinski definition) is 5. The van der Waals surface area contributed by atoms with Crippen LogP contribution in [-0.2, 0) is 26.0 Å². The monoisotopic (exact) mass is 343 g/mol. The second-order valence-electron chi connectivity index (χ2n) is 6.32. The molecule has 0 saturated carbocycles. The molecule has 8 heteroatoms. The van der Waals surface area contributed by atoms with Gasteiger partial charge in [-0.05, 0) is 26.2 Å². The molecule has 2 aliphatic heterocycles. The molecule has 7 nitrogen and oxygen atoms in total. The Morgan fingerprint density at radius 2 is 2.17 bits per heavy atom. The molecule has 1 spiro atoms. The van der Waals surface area contributed by atoms with E-state index in [1.807, 2.05) is 6.92 Å². The summed E-state index contributed by atoms with van der Waals surface area (Å²) in [5, 5.41) is 4.07. The lowest BCUT2D eigenvalue weighted by molar-refractivity contribution is -0.144. The number of aromatic nitrogens is 2. The molecular weight excluding hydrogens is 318 g/mol. The summed E-state index contributed by atoms with van der Waals surface area (Å²) in [5.41, 5.74) is -0.224. The molecule has 2 fully saturated rings. The van der Waals surface area contributed by atoms with E-state index in [4.69, 9.17) is 9.47 Å². The van der Waals surface area contributed by atoms with Crippen molar-refractivity contribution >= 4 is 10.0 Å². The van der Waals surface area contributed by atoms with E-state index in [1.54, 1.807) is 22.3 Å². The molecule has 1 aromatic heterocycles. The number of methoxy groups -OCH3 is 1. The third kappa shape index (κ3) is 3.31. The molecule has 130 valence electrons. The maximum absolute atomic E-state index is 12.7. The fraction of sp³-hybridized carbons (Fsp3) is 0.800. The second-order valence-corrected chi connectivity index (χ2v) is 8.26. The standard InChI is InChI=1S/C15H25N3O4S/c1-3-17-12-14(11-16-17)23(19,20)18-7-5-15(6-8-18)10-13(21-2)4-9-22-15/h11-13H,3-10H2,1-2H3. The second kappa shape index (κ2) is 6.51. The minimum atomic E-state index is -3.46. The van der Waals surface area contributed by atoms with Crippen LogP contribution in [0.1, 0.15) is 32.6 Å². The zero-order valence-corrected chi connectivity index (χ0v) is 14.6. The van der Waals surface area contributed by atoms with E-state index in [0.717, 1.165) is 12.8 Å². The van der Waals surface area contributed by atoms with Gasteiger partial charge in [-0.15, -0.1) is 0 Å². The molecule has 0 N–H and O–H groups in total. The van der Waals surface area contributed by atoms with Crippen LogP contribution in [0.3, 0.4) is 0 Å². The van der Waals surface area contributed by atoms with Gasteiger partial charge in [0, 0.05) is 46.0 Å². The van der Waals surface area contributed by atoms with Crippen molar-refractivity contribution in [3.63, 3.8) is 0 Å². The van der Waals surface area contributed by atoms with E-state index < -0.39 is 10.0 Å². The Balaban J connectivity index is 1.68. The minimum absolute atomic E-state index is 0.217. The van der Waals surface area contributed by atoms with E-state index in [-0.39, 0.29) is 16.6 Å². The summed E-state index contributed by atoms with van der Waals surface area (Å²) in [4.78, 5) is 0.273. The van der Waals surface area contributed by atoms with Gasteiger partial charge in [0.25, 0.3) is 0 Å². The molecule has 0 aliphatic carbocycles. The first-order chi connectivity index (χ1) is 11.0. The van der Waals surface area contributed by atoms with Gasteiger partial charge in [-0.3, -0.25) is 4.68 Å². The normalized spacial score (nSPS) is 25.7. The molecule has 1 aromatic rings. The molecule has 2 saturated heterocycles. The van der Waals surface area contributed by atoms with Gasteiger partial charge in [0.2, 0.25) is 10.0 Å². The van der Waals surface area contributed by atoms with E-state index in [9.17, 15) is 8.42 Å². The largest absolute Gasteiger partial charge is 0.381 e. The predicted octanol–water partition coefficient (Wildman–Crippen LogP) is 1.25. The number of nitrogens with zero attached hydrogens (tertiary/aromatic N) is 3. The summed E-state index contributed by atoms with van der Waals surface area (Å²) in [6.45, 7) is 4.24. The maximum atomic E-state index is 12.7. The summed E-state index contributed by atoms with van der Waals surface area (Å²) in [6, 6.07) is 0. The van der Waals surface area contributed by atoms with E-state index in [1.165, 1.54) is 6.20 Å². The average Bonchev–Trinajstić information content (AvgIpc) is 3.05. The van der Waals surface area contributed by atoms with Crippen LogP contribution in [0.15, 0.2) is 17.3 Å². The minimum Gasteiger partial charge on any atom is -0.381 e. The summed E-state index contributed by atoms with van der Waals surface area (Å²) in [7, 11) is -1.73. The van der Waals surface area contributed by atoms with E-state index in [2.05, 4.69) is 5.10 Å².